The van der Waals surface area contributed by atoms with E-state index in [1.807, 2.05) is 6.92 Å². The maximum absolute atomic E-state index is 11.5. The first-order chi connectivity index (χ1) is 7.37. The Morgan fingerprint density at radius 3 is 2.44 bits per heavy atom. The Balaban J connectivity index is 3.72. The molecule has 4 heteroatoms. The van der Waals surface area contributed by atoms with Crippen molar-refractivity contribution in [3.8, 4) is 0 Å². The third kappa shape index (κ3) is 8.68. The number of carbonyl (C=O) groups excluding carboxylic acids is 1. The minimum atomic E-state index is 0.122. The molecule has 96 valence electrons. The lowest BCUT2D eigenvalue weighted by molar-refractivity contribution is -0.121. The summed E-state index contributed by atoms with van der Waals surface area (Å²) < 4.78 is 0. The van der Waals surface area contributed by atoms with Crippen LogP contribution in [0.25, 0.3) is 0 Å². The van der Waals surface area contributed by atoms with Crippen LogP contribution in [0.5, 0.6) is 0 Å². The molecular weight excluding hydrogens is 202 g/mol. The Labute approximate surface area is 99.8 Å². The summed E-state index contributed by atoms with van der Waals surface area (Å²) in [6.07, 6.45) is 0.561. The minimum Gasteiger partial charge on any atom is -0.355 e. The highest BCUT2D eigenvalue weighted by molar-refractivity contribution is 5.76. The number of rotatable bonds is 8. The van der Waals surface area contributed by atoms with Gasteiger partial charge in [-0.1, -0.05) is 20.8 Å². The number of nitrogens with zero attached hydrogens (tertiary/aromatic N) is 1. The van der Waals surface area contributed by atoms with Gasteiger partial charge in [-0.3, -0.25) is 4.79 Å². The van der Waals surface area contributed by atoms with Gasteiger partial charge in [-0.05, 0) is 26.1 Å². The van der Waals surface area contributed by atoms with Gasteiger partial charge in [0.15, 0.2) is 0 Å². The van der Waals surface area contributed by atoms with Gasteiger partial charge in [-0.15, -0.1) is 0 Å². The van der Waals surface area contributed by atoms with Gasteiger partial charge < -0.3 is 15.5 Å². The van der Waals surface area contributed by atoms with Crippen molar-refractivity contribution in [3.05, 3.63) is 0 Å². The predicted molar refractivity (Wildman–Crippen MR) is 68.5 cm³/mol. The van der Waals surface area contributed by atoms with Gasteiger partial charge in [-0.25, -0.2) is 0 Å². The Bertz CT molecular complexity index is 202. The van der Waals surface area contributed by atoms with Crippen LogP contribution in [0.3, 0.4) is 0 Å². The second kappa shape index (κ2) is 7.63. The van der Waals surface area contributed by atoms with Crippen molar-refractivity contribution < 1.29 is 4.79 Å². The van der Waals surface area contributed by atoms with Crippen LogP contribution in [0, 0.1) is 5.41 Å². The molecule has 0 saturated carbocycles. The molecule has 4 nitrogen and oxygen atoms in total. The van der Waals surface area contributed by atoms with Gasteiger partial charge in [0.05, 0.1) is 0 Å². The van der Waals surface area contributed by atoms with Crippen molar-refractivity contribution in [2.45, 2.75) is 27.2 Å². The molecule has 2 N–H and O–H groups in total. The van der Waals surface area contributed by atoms with E-state index in [1.165, 1.54) is 0 Å². The molecular formula is C12H27N3O. The van der Waals surface area contributed by atoms with Gasteiger partial charge in [0.2, 0.25) is 5.91 Å². The molecule has 0 spiro atoms. The molecule has 0 aliphatic rings. The SMILES string of the molecule is CCNCCC(=O)NCC(C)(C)CN(C)C. The van der Waals surface area contributed by atoms with Crippen molar-refractivity contribution in [1.82, 2.24) is 15.5 Å². The van der Waals surface area contributed by atoms with Crippen LogP contribution >= 0.6 is 0 Å². The maximum atomic E-state index is 11.5. The van der Waals surface area contributed by atoms with E-state index >= 15 is 0 Å². The largest absolute Gasteiger partial charge is 0.355 e. The zero-order chi connectivity index (χ0) is 12.6. The van der Waals surface area contributed by atoms with Crippen molar-refractivity contribution >= 4 is 5.91 Å². The molecule has 0 bridgehead atoms. The highest BCUT2D eigenvalue weighted by Crippen LogP contribution is 2.13. The van der Waals surface area contributed by atoms with Gasteiger partial charge in [0.1, 0.15) is 0 Å². The summed E-state index contributed by atoms with van der Waals surface area (Å²) in [7, 11) is 4.10. The monoisotopic (exact) mass is 229 g/mol. The molecule has 0 aromatic rings. The van der Waals surface area contributed by atoms with Gasteiger partial charge in [-0.2, -0.15) is 0 Å². The Hall–Kier alpha value is -0.610. The molecule has 0 aromatic carbocycles. The highest BCUT2D eigenvalue weighted by atomic mass is 16.1. The fraction of sp³-hybridized carbons (Fsp3) is 0.917. The second-order valence-electron chi connectivity index (χ2n) is 5.28. The molecule has 0 unspecified atom stereocenters. The first-order valence-electron chi connectivity index (χ1n) is 5.99. The molecule has 16 heavy (non-hydrogen) atoms. The van der Waals surface area contributed by atoms with Crippen LogP contribution in [0.15, 0.2) is 0 Å². The molecule has 0 aliphatic heterocycles. The van der Waals surface area contributed by atoms with Crippen LogP contribution in [0.2, 0.25) is 0 Å². The molecule has 0 saturated heterocycles. The van der Waals surface area contributed by atoms with E-state index in [2.05, 4.69) is 43.5 Å². The van der Waals surface area contributed by atoms with E-state index in [1.54, 1.807) is 0 Å². The van der Waals surface area contributed by atoms with Crippen LogP contribution in [-0.2, 0) is 4.79 Å². The van der Waals surface area contributed by atoms with E-state index in [4.69, 9.17) is 0 Å². The molecule has 0 aromatic heterocycles. The smallest absolute Gasteiger partial charge is 0.221 e. The fourth-order valence-electron chi connectivity index (χ4n) is 1.72. The van der Waals surface area contributed by atoms with Gasteiger partial charge in [0, 0.05) is 26.1 Å². The first-order valence-corrected chi connectivity index (χ1v) is 5.99. The van der Waals surface area contributed by atoms with Crippen LogP contribution < -0.4 is 10.6 Å². The molecule has 0 atom stereocenters. The number of amides is 1. The molecule has 1 amide bonds. The molecule has 0 radical (unpaired) electrons. The molecule has 0 aliphatic carbocycles. The van der Waals surface area contributed by atoms with E-state index in [-0.39, 0.29) is 11.3 Å². The lowest BCUT2D eigenvalue weighted by Gasteiger charge is -2.28. The van der Waals surface area contributed by atoms with E-state index in [0.717, 1.165) is 26.2 Å². The van der Waals surface area contributed by atoms with E-state index < -0.39 is 0 Å². The van der Waals surface area contributed by atoms with Crippen molar-refractivity contribution in [2.75, 3.05) is 40.3 Å². The van der Waals surface area contributed by atoms with Gasteiger partial charge >= 0.3 is 0 Å². The summed E-state index contributed by atoms with van der Waals surface area (Å²) in [5.74, 6) is 0.132. The van der Waals surface area contributed by atoms with Crippen molar-refractivity contribution in [1.29, 1.82) is 0 Å². The summed E-state index contributed by atoms with van der Waals surface area (Å²) in [6.45, 7) is 9.75. The first kappa shape index (κ1) is 15.4. The van der Waals surface area contributed by atoms with Crippen LogP contribution in [0.1, 0.15) is 27.2 Å². The number of carbonyl (C=O) groups is 1. The lowest BCUT2D eigenvalue weighted by Crippen LogP contribution is -2.40. The third-order valence-electron chi connectivity index (χ3n) is 2.29. The topological polar surface area (TPSA) is 44.4 Å². The van der Waals surface area contributed by atoms with Crippen LogP contribution in [-0.4, -0.2) is 51.1 Å². The predicted octanol–water partition coefficient (Wildman–Crippen LogP) is 0.690. The Morgan fingerprint density at radius 2 is 1.94 bits per heavy atom. The van der Waals surface area contributed by atoms with Crippen LogP contribution in [0.4, 0.5) is 0 Å². The van der Waals surface area contributed by atoms with Gasteiger partial charge in [0.25, 0.3) is 0 Å². The summed E-state index contributed by atoms with van der Waals surface area (Å²) in [5.41, 5.74) is 0.122. The highest BCUT2D eigenvalue weighted by Gasteiger charge is 2.19. The zero-order valence-electron chi connectivity index (χ0n) is 11.4. The average Bonchev–Trinajstić information content (AvgIpc) is 2.13. The summed E-state index contributed by atoms with van der Waals surface area (Å²) in [6, 6.07) is 0. The maximum Gasteiger partial charge on any atom is 0.221 e. The van der Waals surface area contributed by atoms with Crippen molar-refractivity contribution in [3.63, 3.8) is 0 Å². The Morgan fingerprint density at radius 1 is 1.31 bits per heavy atom. The summed E-state index contributed by atoms with van der Waals surface area (Å²) in [5, 5.41) is 6.12. The quantitative estimate of drug-likeness (QED) is 0.602. The van der Waals surface area contributed by atoms with Crippen molar-refractivity contribution in [2.24, 2.45) is 5.41 Å². The molecule has 0 fully saturated rings. The molecule has 0 heterocycles. The lowest BCUT2D eigenvalue weighted by atomic mass is 9.93. The molecule has 0 rings (SSSR count). The minimum absolute atomic E-state index is 0.122. The Kier molecular flexibility index (Phi) is 7.34. The standard InChI is InChI=1S/C12H27N3O/c1-6-13-8-7-11(16)14-9-12(2,3)10-15(4)5/h13H,6-10H2,1-5H3,(H,14,16). The zero-order valence-corrected chi connectivity index (χ0v) is 11.4. The summed E-state index contributed by atoms with van der Waals surface area (Å²) in [4.78, 5) is 13.6. The third-order valence-corrected chi connectivity index (χ3v) is 2.29. The normalized spacial score (nSPS) is 11.9. The number of nitrogens with one attached hydrogen (secondary N) is 2. The van der Waals surface area contributed by atoms with E-state index in [0.29, 0.717) is 6.42 Å². The fourth-order valence-corrected chi connectivity index (χ4v) is 1.72. The second-order valence-corrected chi connectivity index (χ2v) is 5.28. The van der Waals surface area contributed by atoms with E-state index in [9.17, 15) is 4.79 Å². The summed E-state index contributed by atoms with van der Waals surface area (Å²) >= 11 is 0. The number of hydrogen-bond acceptors (Lipinski definition) is 3. The average molecular weight is 229 g/mol. The number of hydrogen-bond donors (Lipinski definition) is 2.